The zero-order valence-electron chi connectivity index (χ0n) is 9.36. The first-order chi connectivity index (χ1) is 7.54. The zero-order valence-corrected chi connectivity index (χ0v) is 9.36. The largest absolute Gasteiger partial charge is 0.508 e. The number of amides is 1. The van der Waals surface area contributed by atoms with Crippen LogP contribution in [0.1, 0.15) is 30.6 Å². The minimum Gasteiger partial charge on any atom is -0.508 e. The van der Waals surface area contributed by atoms with Crippen LogP contribution in [0.5, 0.6) is 5.75 Å². The Morgan fingerprint density at radius 1 is 1.31 bits per heavy atom. The number of benzene rings is 1. The maximum absolute atomic E-state index is 11.6. The Hall–Kier alpha value is -1.84. The summed E-state index contributed by atoms with van der Waals surface area (Å²) < 4.78 is 0. The number of aromatic hydroxyl groups is 1. The standard InChI is InChI=1S/C12H15NO3/c1-3-11(15)8(2)13-12(16)9-4-6-10(14)7-5-9/h4-8,14H,3H2,1-2H3,(H,13,16). The molecule has 86 valence electrons. The van der Waals surface area contributed by atoms with Gasteiger partial charge in [-0.25, -0.2) is 0 Å². The molecule has 0 heterocycles. The summed E-state index contributed by atoms with van der Waals surface area (Å²) in [6.45, 7) is 3.41. The molecule has 0 saturated heterocycles. The molecule has 4 heteroatoms. The van der Waals surface area contributed by atoms with Crippen LogP contribution in [0.15, 0.2) is 24.3 Å². The topological polar surface area (TPSA) is 66.4 Å². The van der Waals surface area contributed by atoms with Crippen molar-refractivity contribution in [2.45, 2.75) is 26.3 Å². The molecule has 0 bridgehead atoms. The van der Waals surface area contributed by atoms with Gasteiger partial charge in [-0.05, 0) is 31.2 Å². The molecule has 0 aliphatic heterocycles. The van der Waals surface area contributed by atoms with E-state index >= 15 is 0 Å². The Labute approximate surface area is 94.3 Å². The van der Waals surface area contributed by atoms with Gasteiger partial charge in [-0.2, -0.15) is 0 Å². The summed E-state index contributed by atoms with van der Waals surface area (Å²) in [5, 5.41) is 11.7. The number of phenols is 1. The van der Waals surface area contributed by atoms with Crippen molar-refractivity contribution in [2.24, 2.45) is 0 Å². The maximum Gasteiger partial charge on any atom is 0.251 e. The molecule has 1 aromatic carbocycles. The van der Waals surface area contributed by atoms with Crippen LogP contribution in [0.2, 0.25) is 0 Å². The minimum atomic E-state index is -0.480. The first-order valence-electron chi connectivity index (χ1n) is 5.17. The lowest BCUT2D eigenvalue weighted by molar-refractivity contribution is -0.120. The highest BCUT2D eigenvalue weighted by atomic mass is 16.3. The Morgan fingerprint density at radius 2 is 1.88 bits per heavy atom. The van der Waals surface area contributed by atoms with Gasteiger partial charge in [0.05, 0.1) is 6.04 Å². The fraction of sp³-hybridized carbons (Fsp3) is 0.333. The first-order valence-corrected chi connectivity index (χ1v) is 5.17. The smallest absolute Gasteiger partial charge is 0.251 e. The fourth-order valence-corrected chi connectivity index (χ4v) is 1.28. The van der Waals surface area contributed by atoms with Gasteiger partial charge in [0.25, 0.3) is 5.91 Å². The van der Waals surface area contributed by atoms with Crippen molar-refractivity contribution < 1.29 is 14.7 Å². The van der Waals surface area contributed by atoms with E-state index < -0.39 is 6.04 Å². The van der Waals surface area contributed by atoms with Crippen LogP contribution in [0.4, 0.5) is 0 Å². The number of rotatable bonds is 4. The highest BCUT2D eigenvalue weighted by molar-refractivity contribution is 5.97. The summed E-state index contributed by atoms with van der Waals surface area (Å²) in [7, 11) is 0. The average Bonchev–Trinajstić information content (AvgIpc) is 2.28. The second kappa shape index (κ2) is 5.30. The summed E-state index contributed by atoms with van der Waals surface area (Å²) in [6, 6.07) is 5.40. The summed E-state index contributed by atoms with van der Waals surface area (Å²) in [5.74, 6) is -0.212. The average molecular weight is 221 g/mol. The minimum absolute atomic E-state index is 0.00729. The van der Waals surface area contributed by atoms with Crippen LogP contribution in [0, 0.1) is 0 Å². The predicted octanol–water partition coefficient (Wildman–Crippen LogP) is 1.49. The predicted molar refractivity (Wildman–Crippen MR) is 60.3 cm³/mol. The van der Waals surface area contributed by atoms with E-state index in [1.807, 2.05) is 0 Å². The third kappa shape index (κ3) is 3.08. The number of Topliss-reactive ketones (excluding diaryl/α,β-unsaturated/α-hetero) is 1. The molecule has 1 amide bonds. The van der Waals surface area contributed by atoms with Gasteiger partial charge in [0.15, 0.2) is 5.78 Å². The van der Waals surface area contributed by atoms with Crippen molar-refractivity contribution in [2.75, 3.05) is 0 Å². The van der Waals surface area contributed by atoms with Crippen LogP contribution in [0.3, 0.4) is 0 Å². The normalized spacial score (nSPS) is 11.9. The summed E-state index contributed by atoms with van der Waals surface area (Å²) >= 11 is 0. The molecule has 0 fully saturated rings. The van der Waals surface area contributed by atoms with Crippen molar-refractivity contribution >= 4 is 11.7 Å². The van der Waals surface area contributed by atoms with E-state index in [1.165, 1.54) is 24.3 Å². The third-order valence-electron chi connectivity index (χ3n) is 2.31. The van der Waals surface area contributed by atoms with Gasteiger partial charge in [0, 0.05) is 12.0 Å². The summed E-state index contributed by atoms with van der Waals surface area (Å²) in [5.41, 5.74) is 0.425. The molecule has 0 aliphatic rings. The monoisotopic (exact) mass is 221 g/mol. The molecule has 1 unspecified atom stereocenters. The molecule has 0 aromatic heterocycles. The van der Waals surface area contributed by atoms with Gasteiger partial charge < -0.3 is 10.4 Å². The Balaban J connectivity index is 2.65. The summed E-state index contributed by atoms with van der Waals surface area (Å²) in [4.78, 5) is 22.9. The van der Waals surface area contributed by atoms with Crippen LogP contribution >= 0.6 is 0 Å². The highest BCUT2D eigenvalue weighted by Gasteiger charge is 2.14. The molecule has 0 spiro atoms. The van der Waals surface area contributed by atoms with E-state index in [1.54, 1.807) is 13.8 Å². The number of ketones is 1. The van der Waals surface area contributed by atoms with Gasteiger partial charge in [-0.3, -0.25) is 9.59 Å². The number of carbonyl (C=O) groups excluding carboxylic acids is 2. The molecular formula is C12H15NO3. The van der Waals surface area contributed by atoms with Gasteiger partial charge in [-0.15, -0.1) is 0 Å². The van der Waals surface area contributed by atoms with Crippen LogP contribution < -0.4 is 5.32 Å². The number of hydrogen-bond acceptors (Lipinski definition) is 3. The SMILES string of the molecule is CCC(=O)C(C)NC(=O)c1ccc(O)cc1. The van der Waals surface area contributed by atoms with E-state index in [9.17, 15) is 9.59 Å². The van der Waals surface area contributed by atoms with Crippen LogP contribution in [0.25, 0.3) is 0 Å². The molecule has 4 nitrogen and oxygen atoms in total. The van der Waals surface area contributed by atoms with Gasteiger partial charge in [0.2, 0.25) is 0 Å². The van der Waals surface area contributed by atoms with Crippen LogP contribution in [-0.4, -0.2) is 22.8 Å². The van der Waals surface area contributed by atoms with E-state index in [0.29, 0.717) is 12.0 Å². The van der Waals surface area contributed by atoms with E-state index in [4.69, 9.17) is 5.11 Å². The lowest BCUT2D eigenvalue weighted by Crippen LogP contribution is -2.38. The Morgan fingerprint density at radius 3 is 2.38 bits per heavy atom. The van der Waals surface area contributed by atoms with Gasteiger partial charge >= 0.3 is 0 Å². The Bertz CT molecular complexity index is 384. The molecule has 1 rings (SSSR count). The number of phenolic OH excluding ortho intramolecular Hbond substituents is 1. The maximum atomic E-state index is 11.6. The molecule has 1 atom stereocenters. The van der Waals surface area contributed by atoms with E-state index in [-0.39, 0.29) is 17.4 Å². The number of hydrogen-bond donors (Lipinski definition) is 2. The zero-order chi connectivity index (χ0) is 12.1. The van der Waals surface area contributed by atoms with E-state index in [0.717, 1.165) is 0 Å². The third-order valence-corrected chi connectivity index (χ3v) is 2.31. The number of nitrogens with one attached hydrogen (secondary N) is 1. The van der Waals surface area contributed by atoms with Gasteiger partial charge in [0.1, 0.15) is 5.75 Å². The summed E-state index contributed by atoms with van der Waals surface area (Å²) in [6.07, 6.45) is 0.400. The quantitative estimate of drug-likeness (QED) is 0.809. The molecular weight excluding hydrogens is 206 g/mol. The van der Waals surface area contributed by atoms with Crippen molar-refractivity contribution in [1.29, 1.82) is 0 Å². The first kappa shape index (κ1) is 12.2. The van der Waals surface area contributed by atoms with Crippen LogP contribution in [-0.2, 0) is 4.79 Å². The molecule has 0 aliphatic carbocycles. The van der Waals surface area contributed by atoms with Gasteiger partial charge in [-0.1, -0.05) is 6.92 Å². The Kier molecular flexibility index (Phi) is 4.05. The second-order valence-corrected chi connectivity index (χ2v) is 3.56. The van der Waals surface area contributed by atoms with Crippen molar-refractivity contribution in [3.05, 3.63) is 29.8 Å². The fourth-order valence-electron chi connectivity index (χ4n) is 1.28. The molecule has 0 radical (unpaired) electrons. The van der Waals surface area contributed by atoms with Crippen molar-refractivity contribution in [1.82, 2.24) is 5.32 Å². The molecule has 0 saturated carbocycles. The van der Waals surface area contributed by atoms with E-state index in [2.05, 4.69) is 5.32 Å². The van der Waals surface area contributed by atoms with Crippen molar-refractivity contribution in [3.8, 4) is 5.75 Å². The number of carbonyl (C=O) groups is 2. The molecule has 2 N–H and O–H groups in total. The lowest BCUT2D eigenvalue weighted by atomic mass is 10.1. The molecule has 1 aromatic rings. The second-order valence-electron chi connectivity index (χ2n) is 3.56. The van der Waals surface area contributed by atoms with Crippen molar-refractivity contribution in [3.63, 3.8) is 0 Å². The molecule has 16 heavy (non-hydrogen) atoms. The highest BCUT2D eigenvalue weighted by Crippen LogP contribution is 2.09. The lowest BCUT2D eigenvalue weighted by Gasteiger charge is -2.11.